The highest BCUT2D eigenvalue weighted by atomic mass is 35.5. The van der Waals surface area contributed by atoms with E-state index in [4.69, 9.17) is 26.3 Å². The van der Waals surface area contributed by atoms with Gasteiger partial charge in [0.15, 0.2) is 0 Å². The summed E-state index contributed by atoms with van der Waals surface area (Å²) in [5.41, 5.74) is 3.24. The molecular formula is C19H18ClNO3. The highest BCUT2D eigenvalue weighted by Crippen LogP contribution is 2.31. The molecule has 0 aliphatic carbocycles. The Morgan fingerprint density at radius 1 is 1.21 bits per heavy atom. The van der Waals surface area contributed by atoms with Crippen LogP contribution in [0.25, 0.3) is 0 Å². The van der Waals surface area contributed by atoms with E-state index in [2.05, 4.69) is 0 Å². The van der Waals surface area contributed by atoms with Crippen molar-refractivity contribution in [3.05, 3.63) is 57.6 Å². The number of ether oxygens (including phenoxy) is 2. The molecule has 2 rings (SSSR count). The van der Waals surface area contributed by atoms with Gasteiger partial charge in [-0.2, -0.15) is 5.26 Å². The molecule has 0 amide bonds. The molecule has 0 N–H and O–H groups in total. The van der Waals surface area contributed by atoms with Gasteiger partial charge in [0.25, 0.3) is 0 Å². The van der Waals surface area contributed by atoms with Gasteiger partial charge < -0.3 is 9.47 Å². The average Bonchev–Trinajstić information content (AvgIpc) is 2.54. The van der Waals surface area contributed by atoms with Crippen LogP contribution in [0.4, 0.5) is 0 Å². The zero-order valence-electron chi connectivity index (χ0n) is 13.9. The van der Waals surface area contributed by atoms with Crippen LogP contribution >= 0.6 is 11.6 Å². The summed E-state index contributed by atoms with van der Waals surface area (Å²) in [5.74, 6) is 0.910. The minimum absolute atomic E-state index is 0.233. The molecule has 2 aromatic carbocycles. The first-order chi connectivity index (χ1) is 11.4. The van der Waals surface area contributed by atoms with Crippen molar-refractivity contribution in [1.29, 1.82) is 5.26 Å². The third kappa shape index (κ3) is 4.27. The first-order valence-corrected chi connectivity index (χ1v) is 7.95. The summed E-state index contributed by atoms with van der Waals surface area (Å²) < 4.78 is 10.9. The van der Waals surface area contributed by atoms with Gasteiger partial charge >= 0.3 is 5.97 Å². The molecule has 0 radical (unpaired) electrons. The molecule has 0 atom stereocenters. The van der Waals surface area contributed by atoms with Crippen molar-refractivity contribution in [3.63, 3.8) is 0 Å². The van der Waals surface area contributed by atoms with Crippen molar-refractivity contribution in [2.75, 3.05) is 6.61 Å². The van der Waals surface area contributed by atoms with E-state index in [9.17, 15) is 4.79 Å². The van der Waals surface area contributed by atoms with Crippen LogP contribution in [-0.2, 0) is 16.0 Å². The molecule has 0 bridgehead atoms. The van der Waals surface area contributed by atoms with E-state index in [-0.39, 0.29) is 12.4 Å². The Bertz CT molecular complexity index is 809. The Hall–Kier alpha value is -2.51. The van der Waals surface area contributed by atoms with Gasteiger partial charge in [-0.05, 0) is 61.7 Å². The Morgan fingerprint density at radius 3 is 2.62 bits per heavy atom. The van der Waals surface area contributed by atoms with Crippen molar-refractivity contribution in [2.45, 2.75) is 27.2 Å². The SMILES string of the molecule is CCOC(=O)Cc1ccc(Oc2cc(Cl)cc(C#N)c2)c(C)c1C. The topological polar surface area (TPSA) is 59.3 Å². The van der Waals surface area contributed by atoms with Crippen LogP contribution < -0.4 is 4.74 Å². The quantitative estimate of drug-likeness (QED) is 0.736. The molecule has 124 valence electrons. The van der Waals surface area contributed by atoms with E-state index in [0.29, 0.717) is 28.7 Å². The normalized spacial score (nSPS) is 10.1. The summed E-state index contributed by atoms with van der Waals surface area (Å²) in [6.07, 6.45) is 0.233. The molecular weight excluding hydrogens is 326 g/mol. The summed E-state index contributed by atoms with van der Waals surface area (Å²) in [4.78, 5) is 11.7. The van der Waals surface area contributed by atoms with Crippen molar-refractivity contribution in [3.8, 4) is 17.6 Å². The van der Waals surface area contributed by atoms with Crippen LogP contribution in [0.3, 0.4) is 0 Å². The predicted octanol–water partition coefficient (Wildman–Crippen LogP) is 4.73. The molecule has 0 unspecified atom stereocenters. The zero-order valence-corrected chi connectivity index (χ0v) is 14.6. The second-order valence-electron chi connectivity index (χ2n) is 5.34. The lowest BCUT2D eigenvalue weighted by molar-refractivity contribution is -0.142. The van der Waals surface area contributed by atoms with E-state index >= 15 is 0 Å². The second-order valence-corrected chi connectivity index (χ2v) is 5.78. The van der Waals surface area contributed by atoms with Gasteiger partial charge in [0, 0.05) is 5.02 Å². The largest absolute Gasteiger partial charge is 0.466 e. The zero-order chi connectivity index (χ0) is 17.7. The maximum Gasteiger partial charge on any atom is 0.310 e. The highest BCUT2D eigenvalue weighted by molar-refractivity contribution is 6.30. The Labute approximate surface area is 146 Å². The van der Waals surface area contributed by atoms with Gasteiger partial charge in [0.05, 0.1) is 24.7 Å². The van der Waals surface area contributed by atoms with Crippen molar-refractivity contribution < 1.29 is 14.3 Å². The van der Waals surface area contributed by atoms with E-state index in [1.165, 1.54) is 0 Å². The monoisotopic (exact) mass is 343 g/mol. The molecule has 0 saturated heterocycles. The Morgan fingerprint density at radius 2 is 1.96 bits per heavy atom. The number of esters is 1. The van der Waals surface area contributed by atoms with Gasteiger partial charge in [-0.25, -0.2) is 0 Å². The molecule has 0 aliphatic rings. The second kappa shape index (κ2) is 7.85. The van der Waals surface area contributed by atoms with Gasteiger partial charge in [0.2, 0.25) is 0 Å². The average molecular weight is 344 g/mol. The van der Waals surface area contributed by atoms with Crippen molar-refractivity contribution in [1.82, 2.24) is 0 Å². The van der Waals surface area contributed by atoms with Crippen LogP contribution in [0.2, 0.25) is 5.02 Å². The number of benzene rings is 2. The molecule has 24 heavy (non-hydrogen) atoms. The summed E-state index contributed by atoms with van der Waals surface area (Å²) in [6.45, 7) is 6.02. The fraction of sp³-hybridized carbons (Fsp3) is 0.263. The van der Waals surface area contributed by atoms with Crippen LogP contribution in [0, 0.1) is 25.2 Å². The van der Waals surface area contributed by atoms with E-state index in [0.717, 1.165) is 16.7 Å². The third-order valence-electron chi connectivity index (χ3n) is 3.72. The van der Waals surface area contributed by atoms with Gasteiger partial charge in [0.1, 0.15) is 11.5 Å². The highest BCUT2D eigenvalue weighted by Gasteiger charge is 2.12. The van der Waals surface area contributed by atoms with Gasteiger partial charge in [-0.1, -0.05) is 17.7 Å². The Balaban J connectivity index is 2.27. The lowest BCUT2D eigenvalue weighted by Gasteiger charge is -2.14. The molecule has 4 nitrogen and oxygen atoms in total. The van der Waals surface area contributed by atoms with Gasteiger partial charge in [-0.15, -0.1) is 0 Å². The number of nitrogens with zero attached hydrogens (tertiary/aromatic N) is 1. The fourth-order valence-electron chi connectivity index (χ4n) is 2.33. The molecule has 0 spiro atoms. The molecule has 0 heterocycles. The standard InChI is InChI=1S/C19H18ClNO3/c1-4-23-19(22)9-15-5-6-18(13(3)12(15)2)24-17-8-14(11-21)7-16(20)10-17/h5-8,10H,4,9H2,1-3H3. The van der Waals surface area contributed by atoms with Crippen LogP contribution in [0.1, 0.15) is 29.2 Å². The lowest BCUT2D eigenvalue weighted by atomic mass is 10.00. The fourth-order valence-corrected chi connectivity index (χ4v) is 2.56. The number of carbonyl (C=O) groups excluding carboxylic acids is 1. The third-order valence-corrected chi connectivity index (χ3v) is 3.94. The van der Waals surface area contributed by atoms with Gasteiger partial charge in [-0.3, -0.25) is 4.79 Å². The maximum atomic E-state index is 11.7. The summed E-state index contributed by atoms with van der Waals surface area (Å²) in [6, 6.07) is 10.6. The maximum absolute atomic E-state index is 11.7. The molecule has 0 aromatic heterocycles. The first-order valence-electron chi connectivity index (χ1n) is 7.57. The predicted molar refractivity (Wildman–Crippen MR) is 92.5 cm³/mol. The van der Waals surface area contributed by atoms with Crippen LogP contribution in [-0.4, -0.2) is 12.6 Å². The molecule has 5 heteroatoms. The number of hydrogen-bond acceptors (Lipinski definition) is 4. The Kier molecular flexibility index (Phi) is 5.83. The number of hydrogen-bond donors (Lipinski definition) is 0. The first kappa shape index (κ1) is 17.8. The molecule has 0 saturated carbocycles. The van der Waals surface area contributed by atoms with Crippen LogP contribution in [0.5, 0.6) is 11.5 Å². The molecule has 2 aromatic rings. The van der Waals surface area contributed by atoms with E-state index in [1.807, 2.05) is 32.0 Å². The number of halogens is 1. The number of rotatable bonds is 5. The minimum atomic E-state index is -0.248. The summed E-state index contributed by atoms with van der Waals surface area (Å²) in [7, 11) is 0. The number of carbonyl (C=O) groups is 1. The smallest absolute Gasteiger partial charge is 0.310 e. The van der Waals surface area contributed by atoms with Crippen LogP contribution in [0.15, 0.2) is 30.3 Å². The van der Waals surface area contributed by atoms with E-state index < -0.39 is 0 Å². The molecule has 0 fully saturated rings. The lowest BCUT2D eigenvalue weighted by Crippen LogP contribution is -2.09. The summed E-state index contributed by atoms with van der Waals surface area (Å²) in [5, 5.41) is 9.45. The van der Waals surface area contributed by atoms with E-state index in [1.54, 1.807) is 25.1 Å². The van der Waals surface area contributed by atoms with Crippen molar-refractivity contribution in [2.24, 2.45) is 0 Å². The number of nitriles is 1. The van der Waals surface area contributed by atoms with Crippen molar-refractivity contribution >= 4 is 17.6 Å². The minimum Gasteiger partial charge on any atom is -0.466 e. The summed E-state index contributed by atoms with van der Waals surface area (Å²) >= 11 is 6.00. The molecule has 0 aliphatic heterocycles.